The summed E-state index contributed by atoms with van der Waals surface area (Å²) in [5.74, 6) is -1.23. The minimum Gasteiger partial charge on any atom is -0.385 e. The fourth-order valence-corrected chi connectivity index (χ4v) is 5.36. The van der Waals surface area contributed by atoms with Gasteiger partial charge in [-0.2, -0.15) is 0 Å². The van der Waals surface area contributed by atoms with Crippen molar-refractivity contribution in [1.29, 1.82) is 0 Å². The van der Waals surface area contributed by atoms with Crippen LogP contribution in [-0.2, 0) is 4.79 Å². The summed E-state index contributed by atoms with van der Waals surface area (Å²) in [6, 6.07) is 12.5. The van der Waals surface area contributed by atoms with Crippen molar-refractivity contribution in [1.82, 2.24) is 9.80 Å². The van der Waals surface area contributed by atoms with Gasteiger partial charge in [0.2, 0.25) is 5.91 Å². The van der Waals surface area contributed by atoms with Crippen LogP contribution in [0.25, 0.3) is 11.1 Å². The van der Waals surface area contributed by atoms with Crippen LogP contribution in [0.15, 0.2) is 42.5 Å². The highest BCUT2D eigenvalue weighted by Gasteiger charge is 2.29. The van der Waals surface area contributed by atoms with E-state index in [4.69, 9.17) is 5.73 Å². The zero-order chi connectivity index (χ0) is 26.6. The summed E-state index contributed by atoms with van der Waals surface area (Å²) in [4.78, 5) is 28.1. The van der Waals surface area contributed by atoms with Gasteiger partial charge in [-0.25, -0.2) is 8.78 Å². The van der Waals surface area contributed by atoms with Gasteiger partial charge < -0.3 is 20.9 Å². The molecule has 200 valence electrons. The number of likely N-dealkylation sites (tertiary alicyclic amines) is 2. The van der Waals surface area contributed by atoms with Gasteiger partial charge >= 0.3 is 0 Å². The maximum absolute atomic E-state index is 14.9. The van der Waals surface area contributed by atoms with E-state index in [1.54, 1.807) is 19.9 Å². The number of carbonyl (C=O) groups is 2. The molecule has 2 fully saturated rings. The number of halogens is 2. The molecule has 2 heterocycles. The van der Waals surface area contributed by atoms with E-state index >= 15 is 0 Å². The first-order valence-corrected chi connectivity index (χ1v) is 13.2. The van der Waals surface area contributed by atoms with E-state index in [0.717, 1.165) is 43.7 Å². The number of piperidine rings is 2. The second-order valence-electron chi connectivity index (χ2n) is 11.1. The summed E-state index contributed by atoms with van der Waals surface area (Å²) in [6.45, 7) is 7.18. The third-order valence-electron chi connectivity index (χ3n) is 7.43. The van der Waals surface area contributed by atoms with Crippen molar-refractivity contribution in [3.63, 3.8) is 0 Å². The number of nitrogens with one attached hydrogen (secondary N) is 1. The molecule has 0 saturated carbocycles. The van der Waals surface area contributed by atoms with Crippen LogP contribution >= 0.6 is 0 Å². The molecular formula is C29H38F2N4O2. The normalized spacial score (nSPS) is 19.6. The quantitative estimate of drug-likeness (QED) is 0.537. The van der Waals surface area contributed by atoms with Crippen LogP contribution in [0.1, 0.15) is 49.9 Å². The van der Waals surface area contributed by atoms with Crippen molar-refractivity contribution in [2.75, 3.05) is 44.6 Å². The van der Waals surface area contributed by atoms with Crippen LogP contribution in [0, 0.1) is 17.7 Å². The van der Waals surface area contributed by atoms with Gasteiger partial charge in [-0.15, -0.1) is 0 Å². The first-order valence-electron chi connectivity index (χ1n) is 13.2. The molecule has 0 bridgehead atoms. The first-order chi connectivity index (χ1) is 17.6. The van der Waals surface area contributed by atoms with E-state index in [2.05, 4.69) is 10.2 Å². The molecule has 2 aromatic rings. The summed E-state index contributed by atoms with van der Waals surface area (Å²) in [7, 11) is 0. The summed E-state index contributed by atoms with van der Waals surface area (Å²) < 4.78 is 28.8. The predicted octanol–water partition coefficient (Wildman–Crippen LogP) is 4.70. The molecule has 2 aromatic carbocycles. The van der Waals surface area contributed by atoms with E-state index in [1.165, 1.54) is 17.0 Å². The van der Waals surface area contributed by atoms with Gasteiger partial charge in [0.15, 0.2) is 0 Å². The number of rotatable bonds is 8. The molecule has 0 aliphatic carbocycles. The summed E-state index contributed by atoms with van der Waals surface area (Å²) in [6.07, 6.45) is 3.43. The highest BCUT2D eigenvalue weighted by Crippen LogP contribution is 2.26. The van der Waals surface area contributed by atoms with Crippen LogP contribution in [0.4, 0.5) is 14.5 Å². The number of anilines is 1. The lowest BCUT2D eigenvalue weighted by atomic mass is 9.95. The van der Waals surface area contributed by atoms with Gasteiger partial charge in [0, 0.05) is 31.9 Å². The van der Waals surface area contributed by atoms with Crippen molar-refractivity contribution in [2.45, 2.75) is 45.2 Å². The number of alkyl halides is 1. The Morgan fingerprint density at radius 2 is 1.70 bits per heavy atom. The van der Waals surface area contributed by atoms with Gasteiger partial charge in [0.25, 0.3) is 5.91 Å². The molecule has 1 atom stereocenters. The molecule has 37 heavy (non-hydrogen) atoms. The van der Waals surface area contributed by atoms with E-state index in [1.807, 2.05) is 24.3 Å². The van der Waals surface area contributed by atoms with Crippen molar-refractivity contribution in [3.8, 4) is 11.1 Å². The third kappa shape index (κ3) is 7.28. The Hall–Kier alpha value is -3.00. The molecule has 0 radical (unpaired) electrons. The highest BCUT2D eigenvalue weighted by atomic mass is 19.1. The summed E-state index contributed by atoms with van der Waals surface area (Å²) in [5, 5.41) is 3.49. The molecule has 0 aromatic heterocycles. The number of nitrogens with two attached hydrogens (primary N) is 1. The topological polar surface area (TPSA) is 78.7 Å². The predicted molar refractivity (Wildman–Crippen MR) is 142 cm³/mol. The number of primary amides is 1. The Morgan fingerprint density at radius 3 is 2.32 bits per heavy atom. The van der Waals surface area contributed by atoms with E-state index in [9.17, 15) is 18.4 Å². The molecular weight excluding hydrogens is 474 g/mol. The van der Waals surface area contributed by atoms with Crippen LogP contribution in [0.3, 0.4) is 0 Å². The first kappa shape index (κ1) is 27.0. The smallest absolute Gasteiger partial charge is 0.256 e. The zero-order valence-electron chi connectivity index (χ0n) is 21.8. The van der Waals surface area contributed by atoms with Crippen molar-refractivity contribution in [2.24, 2.45) is 17.6 Å². The van der Waals surface area contributed by atoms with Crippen LogP contribution < -0.4 is 11.1 Å². The number of amides is 2. The van der Waals surface area contributed by atoms with Gasteiger partial charge in [0.1, 0.15) is 11.5 Å². The molecule has 0 unspecified atom stereocenters. The second kappa shape index (κ2) is 11.6. The molecule has 6 nitrogen and oxygen atoms in total. The lowest BCUT2D eigenvalue weighted by Gasteiger charge is -2.34. The van der Waals surface area contributed by atoms with Gasteiger partial charge in [-0.3, -0.25) is 9.59 Å². The summed E-state index contributed by atoms with van der Waals surface area (Å²) >= 11 is 0. The van der Waals surface area contributed by atoms with Gasteiger partial charge in [-0.1, -0.05) is 18.2 Å². The number of hydrogen-bond acceptors (Lipinski definition) is 4. The van der Waals surface area contributed by atoms with E-state index < -0.39 is 23.3 Å². The van der Waals surface area contributed by atoms with Crippen molar-refractivity contribution >= 4 is 17.5 Å². The molecule has 2 amide bonds. The number of benzene rings is 2. The highest BCUT2D eigenvalue weighted by molar-refractivity contribution is 5.95. The maximum atomic E-state index is 14.9. The van der Waals surface area contributed by atoms with Gasteiger partial charge in [-0.05, 0) is 93.9 Å². The molecule has 2 aliphatic heterocycles. The minimum atomic E-state index is -1.16. The standard InChI is InChI=1S/C29H38F2N4O2/c1-29(2,31)19-34-14-11-20(12-15-34)17-33-24-8-5-21(6-9-24)22-7-10-25(26(30)16-22)28(37)35-13-3-4-23(18-35)27(32)36/h5-10,16,20,23,33H,3-4,11-15,17-19H2,1-2H3,(H2,32,36)/t23-/m1/s1. The van der Waals surface area contributed by atoms with Crippen LogP contribution in [-0.4, -0.2) is 66.6 Å². The lowest BCUT2D eigenvalue weighted by Crippen LogP contribution is -2.44. The Labute approximate surface area is 218 Å². The maximum Gasteiger partial charge on any atom is 0.256 e. The molecule has 4 rings (SSSR count). The average molecular weight is 513 g/mol. The lowest BCUT2D eigenvalue weighted by molar-refractivity contribution is -0.123. The third-order valence-corrected chi connectivity index (χ3v) is 7.43. The molecule has 2 saturated heterocycles. The largest absolute Gasteiger partial charge is 0.385 e. The van der Waals surface area contributed by atoms with Crippen LogP contribution in [0.5, 0.6) is 0 Å². The number of carbonyl (C=O) groups excluding carboxylic acids is 2. The van der Waals surface area contributed by atoms with Crippen molar-refractivity contribution in [3.05, 3.63) is 53.8 Å². The Bertz CT molecular complexity index is 1090. The second-order valence-corrected chi connectivity index (χ2v) is 11.1. The Balaban J connectivity index is 1.31. The summed E-state index contributed by atoms with van der Waals surface area (Å²) in [5.41, 5.74) is 6.80. The molecule has 3 N–H and O–H groups in total. The fourth-order valence-electron chi connectivity index (χ4n) is 5.36. The monoisotopic (exact) mass is 512 g/mol. The molecule has 0 spiro atoms. The molecule has 8 heteroatoms. The van der Waals surface area contributed by atoms with E-state index in [-0.39, 0.29) is 18.0 Å². The van der Waals surface area contributed by atoms with Crippen molar-refractivity contribution < 1.29 is 18.4 Å². The SMILES string of the molecule is CC(C)(F)CN1CCC(CNc2ccc(-c3ccc(C(=O)N4CCC[C@@H](C(N)=O)C4)c(F)c3)cc2)CC1. The van der Waals surface area contributed by atoms with Crippen LogP contribution in [0.2, 0.25) is 0 Å². The van der Waals surface area contributed by atoms with Gasteiger partial charge in [0.05, 0.1) is 11.5 Å². The number of hydrogen-bond donors (Lipinski definition) is 2. The average Bonchev–Trinajstić information content (AvgIpc) is 2.87. The fraction of sp³-hybridized carbons (Fsp3) is 0.517. The number of nitrogens with zero attached hydrogens (tertiary/aromatic N) is 2. The van der Waals surface area contributed by atoms with E-state index in [0.29, 0.717) is 37.4 Å². The Kier molecular flexibility index (Phi) is 8.47. The molecule has 2 aliphatic rings. The zero-order valence-corrected chi connectivity index (χ0v) is 21.8. The Morgan fingerprint density at radius 1 is 1.03 bits per heavy atom. The minimum absolute atomic E-state index is 0.00767.